The highest BCUT2D eigenvalue weighted by Crippen LogP contribution is 2.38. The molecule has 1 nitrogen and oxygen atoms in total. The number of hydrogen-bond acceptors (Lipinski definition) is 3. The van der Waals surface area contributed by atoms with E-state index in [4.69, 9.17) is 17.0 Å². The minimum Gasteiger partial charge on any atom is -0.479 e. The highest BCUT2D eigenvalue weighted by molar-refractivity contribution is 7.80. The quantitative estimate of drug-likeness (QED) is 0.588. The van der Waals surface area contributed by atoms with Crippen molar-refractivity contribution in [2.75, 3.05) is 0 Å². The molecule has 20 heavy (non-hydrogen) atoms. The maximum absolute atomic E-state index is 6.17. The molecule has 1 aromatic heterocycles. The Balaban J connectivity index is 1.84. The molecule has 1 aliphatic heterocycles. The van der Waals surface area contributed by atoms with Gasteiger partial charge in [0.1, 0.15) is 5.75 Å². The van der Waals surface area contributed by atoms with Crippen molar-refractivity contribution in [3.05, 3.63) is 64.4 Å². The van der Waals surface area contributed by atoms with Gasteiger partial charge >= 0.3 is 0 Å². The van der Waals surface area contributed by atoms with Gasteiger partial charge in [-0.25, -0.2) is 0 Å². The highest BCUT2D eigenvalue weighted by Gasteiger charge is 2.27. The average Bonchev–Trinajstić information content (AvgIpc) is 3.00. The van der Waals surface area contributed by atoms with E-state index >= 15 is 0 Å². The fourth-order valence-electron chi connectivity index (χ4n) is 2.73. The molecule has 0 amide bonds. The van der Waals surface area contributed by atoms with Crippen molar-refractivity contribution in [3.8, 4) is 5.75 Å². The summed E-state index contributed by atoms with van der Waals surface area (Å²) in [6.07, 6.45) is 0.743. The molecule has 0 saturated heterocycles. The second-order valence-corrected chi connectivity index (χ2v) is 6.42. The lowest BCUT2D eigenvalue weighted by molar-refractivity contribution is 0.268. The normalized spacial score (nSPS) is 17.8. The number of thiocarbonyl (C=S) groups is 1. The third-order valence-corrected chi connectivity index (χ3v) is 4.96. The summed E-state index contributed by atoms with van der Waals surface area (Å²) in [5.41, 5.74) is 1.22. The summed E-state index contributed by atoms with van der Waals surface area (Å²) >= 11 is 7.29. The molecule has 0 aliphatic carbocycles. The van der Waals surface area contributed by atoms with Gasteiger partial charge in [0.15, 0.2) is 6.10 Å². The number of hydrogen-bond donors (Lipinski definition) is 0. The van der Waals surface area contributed by atoms with Crippen LogP contribution < -0.4 is 4.74 Å². The lowest BCUT2D eigenvalue weighted by Gasteiger charge is -2.27. The number of rotatable bonds is 1. The first-order valence-corrected chi connectivity index (χ1v) is 7.85. The first-order chi connectivity index (χ1) is 9.83. The van der Waals surface area contributed by atoms with Crippen LogP contribution in [0.1, 0.15) is 16.5 Å². The second-order valence-electron chi connectivity index (χ2n) is 4.92. The van der Waals surface area contributed by atoms with Crippen molar-refractivity contribution < 1.29 is 4.74 Å². The van der Waals surface area contributed by atoms with Crippen molar-refractivity contribution in [2.45, 2.75) is 12.5 Å². The molecule has 0 N–H and O–H groups in total. The molecule has 3 heteroatoms. The zero-order valence-corrected chi connectivity index (χ0v) is 12.3. The van der Waals surface area contributed by atoms with Crippen LogP contribution in [0.4, 0.5) is 0 Å². The molecule has 0 saturated carbocycles. The van der Waals surface area contributed by atoms with Crippen LogP contribution in [0.25, 0.3) is 10.8 Å². The van der Waals surface area contributed by atoms with Gasteiger partial charge in [0.25, 0.3) is 0 Å². The molecule has 98 valence electrons. The van der Waals surface area contributed by atoms with Gasteiger partial charge in [0.05, 0.1) is 4.88 Å². The van der Waals surface area contributed by atoms with Gasteiger partial charge in [-0.15, -0.1) is 11.3 Å². The smallest absolute Gasteiger partial charge is 0.164 e. The summed E-state index contributed by atoms with van der Waals surface area (Å²) in [6.45, 7) is 0. The molecule has 3 aromatic rings. The summed E-state index contributed by atoms with van der Waals surface area (Å²) in [4.78, 5) is 2.16. The number of thiophene rings is 1. The third kappa shape index (κ3) is 1.86. The number of fused-ring (bicyclic) bond motifs is 3. The summed E-state index contributed by atoms with van der Waals surface area (Å²) in [7, 11) is 0. The highest BCUT2D eigenvalue weighted by atomic mass is 32.1. The number of ether oxygens (including phenoxy) is 1. The SMILES string of the molecule is S=C1Cc2c(ccc3ccccc23)OC1c1cccs1. The first kappa shape index (κ1) is 12.1. The van der Waals surface area contributed by atoms with Crippen LogP contribution in [-0.4, -0.2) is 4.86 Å². The molecule has 0 bridgehead atoms. The maximum Gasteiger partial charge on any atom is 0.164 e. The average molecular weight is 296 g/mol. The molecule has 2 heterocycles. The van der Waals surface area contributed by atoms with Gasteiger partial charge in [-0.1, -0.05) is 48.6 Å². The van der Waals surface area contributed by atoms with Crippen LogP contribution >= 0.6 is 23.6 Å². The largest absolute Gasteiger partial charge is 0.479 e. The van der Waals surface area contributed by atoms with Crippen molar-refractivity contribution in [1.29, 1.82) is 0 Å². The van der Waals surface area contributed by atoms with E-state index in [1.807, 2.05) is 6.07 Å². The molecular weight excluding hydrogens is 284 g/mol. The van der Waals surface area contributed by atoms with Crippen molar-refractivity contribution in [1.82, 2.24) is 0 Å². The fraction of sp³-hybridized carbons (Fsp3) is 0.118. The van der Waals surface area contributed by atoms with Crippen LogP contribution in [0.3, 0.4) is 0 Å². The summed E-state index contributed by atoms with van der Waals surface area (Å²) < 4.78 is 6.17. The Labute approximate surface area is 126 Å². The Kier molecular flexibility index (Phi) is 2.83. The second kappa shape index (κ2) is 4.69. The van der Waals surface area contributed by atoms with Gasteiger partial charge in [-0.05, 0) is 28.3 Å². The zero-order chi connectivity index (χ0) is 13.5. The van der Waals surface area contributed by atoms with E-state index in [1.54, 1.807) is 11.3 Å². The van der Waals surface area contributed by atoms with Crippen LogP contribution in [0.2, 0.25) is 0 Å². The lowest BCUT2D eigenvalue weighted by atomic mass is 9.95. The standard InChI is InChI=1S/C17H12OS2/c19-15-10-13-12-5-2-1-4-11(12)7-8-14(13)18-17(15)16-6-3-9-20-16/h1-9,17H,10H2. The lowest BCUT2D eigenvalue weighted by Crippen LogP contribution is -2.23. The molecule has 0 radical (unpaired) electrons. The fourth-order valence-corrected chi connectivity index (χ4v) is 3.90. The molecule has 1 aliphatic rings. The van der Waals surface area contributed by atoms with E-state index in [9.17, 15) is 0 Å². The Morgan fingerprint density at radius 1 is 1.05 bits per heavy atom. The molecule has 2 aromatic carbocycles. The van der Waals surface area contributed by atoms with Gasteiger partial charge in [0, 0.05) is 16.8 Å². The summed E-state index contributed by atoms with van der Waals surface area (Å²) in [5, 5.41) is 4.56. The third-order valence-electron chi connectivity index (χ3n) is 3.69. The molecule has 0 fully saturated rings. The number of benzene rings is 2. The molecular formula is C17H12OS2. The Hall–Kier alpha value is -1.71. The molecule has 4 rings (SSSR count). The predicted molar refractivity (Wildman–Crippen MR) is 87.9 cm³/mol. The first-order valence-electron chi connectivity index (χ1n) is 6.56. The zero-order valence-electron chi connectivity index (χ0n) is 10.7. The Morgan fingerprint density at radius 2 is 1.95 bits per heavy atom. The predicted octanol–water partition coefficient (Wildman–Crippen LogP) is 4.95. The van der Waals surface area contributed by atoms with Gasteiger partial charge in [0.2, 0.25) is 0 Å². The van der Waals surface area contributed by atoms with E-state index in [2.05, 4.69) is 47.8 Å². The van der Waals surface area contributed by atoms with E-state index in [1.165, 1.54) is 21.2 Å². The molecule has 1 unspecified atom stereocenters. The van der Waals surface area contributed by atoms with Gasteiger partial charge in [-0.2, -0.15) is 0 Å². The minimum atomic E-state index is -0.0707. The van der Waals surface area contributed by atoms with E-state index in [-0.39, 0.29) is 6.10 Å². The molecule has 0 spiro atoms. The van der Waals surface area contributed by atoms with Crippen LogP contribution in [0, 0.1) is 0 Å². The van der Waals surface area contributed by atoms with E-state index in [0.29, 0.717) is 0 Å². The molecule has 1 atom stereocenters. The topological polar surface area (TPSA) is 9.23 Å². The maximum atomic E-state index is 6.17. The van der Waals surface area contributed by atoms with Crippen molar-refractivity contribution in [3.63, 3.8) is 0 Å². The van der Waals surface area contributed by atoms with Crippen LogP contribution in [0.5, 0.6) is 5.75 Å². The summed E-state index contributed by atoms with van der Waals surface area (Å²) in [6, 6.07) is 16.7. The Morgan fingerprint density at radius 3 is 2.80 bits per heavy atom. The monoisotopic (exact) mass is 296 g/mol. The van der Waals surface area contributed by atoms with E-state index < -0.39 is 0 Å². The van der Waals surface area contributed by atoms with Crippen LogP contribution in [-0.2, 0) is 6.42 Å². The van der Waals surface area contributed by atoms with Gasteiger partial charge < -0.3 is 4.74 Å². The van der Waals surface area contributed by atoms with Crippen LogP contribution in [0.15, 0.2) is 53.9 Å². The Bertz CT molecular complexity index is 790. The minimum absolute atomic E-state index is 0.0707. The van der Waals surface area contributed by atoms with Gasteiger partial charge in [-0.3, -0.25) is 0 Å². The van der Waals surface area contributed by atoms with E-state index in [0.717, 1.165) is 17.0 Å². The van der Waals surface area contributed by atoms with Crippen molar-refractivity contribution in [2.24, 2.45) is 0 Å². The van der Waals surface area contributed by atoms with Crippen molar-refractivity contribution >= 4 is 39.2 Å². The summed E-state index contributed by atoms with van der Waals surface area (Å²) in [5.74, 6) is 0.968.